The predicted octanol–water partition coefficient (Wildman–Crippen LogP) is 1.31. The molecule has 0 saturated carbocycles. The molecule has 0 saturated heterocycles. The summed E-state index contributed by atoms with van der Waals surface area (Å²) in [7, 11) is 0. The topological polar surface area (TPSA) is 61.7 Å². The molecule has 1 unspecified atom stereocenters. The molecule has 3 N–H and O–H groups in total. The maximum absolute atomic E-state index is 9.43. The first-order chi connectivity index (χ1) is 8.49. The van der Waals surface area contributed by atoms with Gasteiger partial charge in [0.25, 0.3) is 0 Å². The molecule has 4 heteroatoms. The third-order valence-electron chi connectivity index (χ3n) is 2.62. The van der Waals surface area contributed by atoms with Crippen molar-refractivity contribution in [2.45, 2.75) is 39.0 Å². The summed E-state index contributed by atoms with van der Waals surface area (Å²) in [6, 6.07) is 7.59. The van der Waals surface area contributed by atoms with Gasteiger partial charge in [0.1, 0.15) is 12.4 Å². The molecule has 102 valence electrons. The Morgan fingerprint density at radius 1 is 1.33 bits per heavy atom. The molecule has 0 heterocycles. The fourth-order valence-corrected chi connectivity index (χ4v) is 1.81. The molecule has 1 atom stereocenters. The van der Waals surface area contributed by atoms with E-state index in [1.54, 1.807) is 6.07 Å². The fraction of sp³-hybridized carbons (Fsp3) is 0.571. The van der Waals surface area contributed by atoms with Gasteiger partial charge in [-0.15, -0.1) is 0 Å². The molecule has 0 radical (unpaired) electrons. The lowest BCUT2D eigenvalue weighted by Gasteiger charge is -2.30. The third kappa shape index (κ3) is 4.64. The lowest BCUT2D eigenvalue weighted by atomic mass is 10.0. The molecule has 1 aromatic rings. The Bertz CT molecular complexity index is 368. The van der Waals surface area contributed by atoms with Crippen molar-refractivity contribution in [1.29, 1.82) is 0 Å². The first-order valence-corrected chi connectivity index (χ1v) is 6.20. The van der Waals surface area contributed by atoms with E-state index in [0.717, 1.165) is 5.56 Å². The number of hydrogen-bond donors (Lipinski definition) is 3. The first kappa shape index (κ1) is 15.0. The highest BCUT2D eigenvalue weighted by Crippen LogP contribution is 2.15. The molecule has 0 aliphatic rings. The molecule has 0 spiro atoms. The quantitative estimate of drug-likeness (QED) is 0.685. The normalized spacial score (nSPS) is 14.6. The summed E-state index contributed by atoms with van der Waals surface area (Å²) in [6.07, 6.45) is 0. The molecule has 0 amide bonds. The Morgan fingerprint density at radius 2 is 2.06 bits per heavy atom. The SMILES string of the molecule is CC(C)NC(C)(CO)COc1cccc(CO)c1. The van der Waals surface area contributed by atoms with Crippen molar-refractivity contribution >= 4 is 0 Å². The molecule has 0 aliphatic heterocycles. The Hall–Kier alpha value is -1.10. The van der Waals surface area contributed by atoms with Gasteiger partial charge >= 0.3 is 0 Å². The highest BCUT2D eigenvalue weighted by molar-refractivity contribution is 5.28. The Labute approximate surface area is 109 Å². The van der Waals surface area contributed by atoms with Crippen LogP contribution >= 0.6 is 0 Å². The van der Waals surface area contributed by atoms with E-state index in [0.29, 0.717) is 12.4 Å². The molecule has 4 nitrogen and oxygen atoms in total. The van der Waals surface area contributed by atoms with Gasteiger partial charge in [-0.25, -0.2) is 0 Å². The summed E-state index contributed by atoms with van der Waals surface area (Å²) in [5.74, 6) is 0.701. The zero-order valence-corrected chi connectivity index (χ0v) is 11.3. The van der Waals surface area contributed by atoms with E-state index in [2.05, 4.69) is 5.32 Å². The number of nitrogens with one attached hydrogen (secondary N) is 1. The molecule has 1 rings (SSSR count). The number of hydrogen-bond acceptors (Lipinski definition) is 4. The minimum atomic E-state index is -0.469. The number of benzene rings is 1. The standard InChI is InChI=1S/C14H23NO3/c1-11(2)15-14(3,9-17)10-18-13-6-4-5-12(7-13)8-16/h4-7,11,15-17H,8-10H2,1-3H3. The molecule has 0 fully saturated rings. The number of aliphatic hydroxyl groups excluding tert-OH is 2. The van der Waals surface area contributed by atoms with E-state index in [9.17, 15) is 5.11 Å². The predicted molar refractivity (Wildman–Crippen MR) is 71.6 cm³/mol. The van der Waals surface area contributed by atoms with Gasteiger partial charge in [-0.3, -0.25) is 0 Å². The van der Waals surface area contributed by atoms with E-state index in [1.165, 1.54) is 0 Å². The van der Waals surface area contributed by atoms with Crippen molar-refractivity contribution in [1.82, 2.24) is 5.32 Å². The van der Waals surface area contributed by atoms with Crippen LogP contribution in [0.3, 0.4) is 0 Å². The van der Waals surface area contributed by atoms with E-state index < -0.39 is 5.54 Å². The van der Waals surface area contributed by atoms with Crippen LogP contribution in [0.2, 0.25) is 0 Å². The third-order valence-corrected chi connectivity index (χ3v) is 2.62. The Morgan fingerprint density at radius 3 is 2.61 bits per heavy atom. The Balaban J connectivity index is 2.61. The molecular weight excluding hydrogens is 230 g/mol. The second-order valence-corrected chi connectivity index (χ2v) is 5.11. The van der Waals surface area contributed by atoms with Crippen molar-refractivity contribution in [2.75, 3.05) is 13.2 Å². The molecular formula is C14H23NO3. The molecule has 1 aromatic carbocycles. The average molecular weight is 253 g/mol. The van der Waals surface area contributed by atoms with Crippen LogP contribution in [0.5, 0.6) is 5.75 Å². The largest absolute Gasteiger partial charge is 0.492 e. The lowest BCUT2D eigenvalue weighted by Crippen LogP contribution is -2.53. The molecule has 0 aliphatic carbocycles. The molecule has 0 bridgehead atoms. The van der Waals surface area contributed by atoms with Gasteiger partial charge in [-0.1, -0.05) is 26.0 Å². The smallest absolute Gasteiger partial charge is 0.119 e. The summed E-state index contributed by atoms with van der Waals surface area (Å²) in [5, 5.41) is 21.8. The van der Waals surface area contributed by atoms with Crippen LogP contribution in [0.1, 0.15) is 26.3 Å². The van der Waals surface area contributed by atoms with Crippen molar-refractivity contribution < 1.29 is 14.9 Å². The second-order valence-electron chi connectivity index (χ2n) is 5.11. The van der Waals surface area contributed by atoms with Gasteiger partial charge in [0.2, 0.25) is 0 Å². The minimum Gasteiger partial charge on any atom is -0.492 e. The van der Waals surface area contributed by atoms with Gasteiger partial charge in [0.15, 0.2) is 0 Å². The molecule has 18 heavy (non-hydrogen) atoms. The highest BCUT2D eigenvalue weighted by atomic mass is 16.5. The second kappa shape index (κ2) is 6.73. The van der Waals surface area contributed by atoms with Gasteiger partial charge < -0.3 is 20.3 Å². The van der Waals surface area contributed by atoms with Crippen LogP contribution in [0.15, 0.2) is 24.3 Å². The maximum Gasteiger partial charge on any atom is 0.119 e. The minimum absolute atomic E-state index is 0.00128. The van der Waals surface area contributed by atoms with Gasteiger partial charge in [0.05, 0.1) is 18.8 Å². The summed E-state index contributed by atoms with van der Waals surface area (Å²) < 4.78 is 5.67. The van der Waals surface area contributed by atoms with E-state index in [4.69, 9.17) is 9.84 Å². The fourth-order valence-electron chi connectivity index (χ4n) is 1.81. The first-order valence-electron chi connectivity index (χ1n) is 6.20. The zero-order chi connectivity index (χ0) is 13.6. The van der Waals surface area contributed by atoms with Gasteiger partial charge in [-0.2, -0.15) is 0 Å². The number of rotatable bonds is 7. The van der Waals surface area contributed by atoms with Crippen molar-refractivity contribution in [3.63, 3.8) is 0 Å². The van der Waals surface area contributed by atoms with Crippen molar-refractivity contribution in [2.24, 2.45) is 0 Å². The summed E-state index contributed by atoms with van der Waals surface area (Å²) in [5.41, 5.74) is 0.346. The number of ether oxygens (including phenoxy) is 1. The lowest BCUT2D eigenvalue weighted by molar-refractivity contribution is 0.108. The summed E-state index contributed by atoms with van der Waals surface area (Å²) in [6.45, 7) is 6.35. The monoisotopic (exact) mass is 253 g/mol. The Kier molecular flexibility index (Phi) is 5.59. The van der Waals surface area contributed by atoms with Crippen LogP contribution in [0, 0.1) is 0 Å². The zero-order valence-electron chi connectivity index (χ0n) is 11.3. The van der Waals surface area contributed by atoms with E-state index >= 15 is 0 Å². The van der Waals surface area contributed by atoms with Crippen molar-refractivity contribution in [3.8, 4) is 5.75 Å². The van der Waals surface area contributed by atoms with Crippen LogP contribution < -0.4 is 10.1 Å². The van der Waals surface area contributed by atoms with Gasteiger partial charge in [0, 0.05) is 6.04 Å². The van der Waals surface area contributed by atoms with Crippen LogP contribution in [0.4, 0.5) is 0 Å². The maximum atomic E-state index is 9.43. The van der Waals surface area contributed by atoms with E-state index in [-0.39, 0.29) is 19.3 Å². The van der Waals surface area contributed by atoms with Crippen LogP contribution in [-0.4, -0.2) is 35.0 Å². The highest BCUT2D eigenvalue weighted by Gasteiger charge is 2.24. The average Bonchev–Trinajstić information content (AvgIpc) is 2.36. The summed E-state index contributed by atoms with van der Waals surface area (Å²) in [4.78, 5) is 0. The van der Waals surface area contributed by atoms with E-state index in [1.807, 2.05) is 39.0 Å². The van der Waals surface area contributed by atoms with Gasteiger partial charge in [-0.05, 0) is 24.6 Å². The van der Waals surface area contributed by atoms with Crippen LogP contribution in [0.25, 0.3) is 0 Å². The summed E-state index contributed by atoms with van der Waals surface area (Å²) >= 11 is 0. The van der Waals surface area contributed by atoms with Crippen LogP contribution in [-0.2, 0) is 6.61 Å². The van der Waals surface area contributed by atoms with Crippen molar-refractivity contribution in [3.05, 3.63) is 29.8 Å². The number of aliphatic hydroxyl groups is 2. The molecule has 0 aromatic heterocycles.